The minimum atomic E-state index is -1.17. The van der Waals surface area contributed by atoms with Crippen LogP contribution in [0.15, 0.2) is 35.1 Å². The van der Waals surface area contributed by atoms with Gasteiger partial charge in [-0.05, 0) is 31.0 Å². The molecule has 0 saturated carbocycles. The predicted octanol–water partition coefficient (Wildman–Crippen LogP) is 1.48. The van der Waals surface area contributed by atoms with Gasteiger partial charge in [-0.3, -0.25) is 9.78 Å². The second-order valence-corrected chi connectivity index (χ2v) is 6.13. The molecule has 0 bridgehead atoms. The van der Waals surface area contributed by atoms with Gasteiger partial charge in [-0.15, -0.1) is 0 Å². The summed E-state index contributed by atoms with van der Waals surface area (Å²) in [5.74, 6) is -1.75. The molecule has 2 rings (SSSR count). The Balaban J connectivity index is 2.08. The van der Waals surface area contributed by atoms with Crippen molar-refractivity contribution in [1.82, 2.24) is 9.97 Å². The van der Waals surface area contributed by atoms with Crippen molar-refractivity contribution in [3.8, 4) is 0 Å². The van der Waals surface area contributed by atoms with Crippen molar-refractivity contribution in [2.75, 3.05) is 11.9 Å². The minimum absolute atomic E-state index is 0.0331. The van der Waals surface area contributed by atoms with E-state index in [2.05, 4.69) is 31.2 Å². The number of halogens is 1. The number of hydrogen-bond acceptors (Lipinski definition) is 6. The third kappa shape index (κ3) is 5.31. The fraction of sp³-hybridized carbons (Fsp3) is 0.250. The first-order valence-electron chi connectivity index (χ1n) is 7.34. The summed E-state index contributed by atoms with van der Waals surface area (Å²) in [4.78, 5) is 31.5. The lowest BCUT2D eigenvalue weighted by atomic mass is 10.1. The van der Waals surface area contributed by atoms with Crippen LogP contribution in [0.2, 0.25) is 0 Å². The smallest absolute Gasteiger partial charge is 0.337 e. The summed E-state index contributed by atoms with van der Waals surface area (Å²) in [6, 6.07) is 4.48. The fourth-order valence-electron chi connectivity index (χ4n) is 2.00. The Labute approximate surface area is 151 Å². The van der Waals surface area contributed by atoms with Crippen LogP contribution in [0.3, 0.4) is 0 Å². The third-order valence-electron chi connectivity index (χ3n) is 3.34. The molecule has 1 aromatic carbocycles. The minimum Gasteiger partial charge on any atom is -0.478 e. The molecule has 0 radical (unpaired) electrons. The molecule has 0 aliphatic rings. The van der Waals surface area contributed by atoms with Crippen LogP contribution in [-0.2, 0) is 6.42 Å². The summed E-state index contributed by atoms with van der Waals surface area (Å²) < 4.78 is 0.581. The van der Waals surface area contributed by atoms with Gasteiger partial charge >= 0.3 is 5.97 Å². The predicted molar refractivity (Wildman–Crippen MR) is 92.5 cm³/mol. The van der Waals surface area contributed by atoms with Crippen molar-refractivity contribution in [1.29, 1.82) is 0 Å². The van der Waals surface area contributed by atoms with E-state index in [0.29, 0.717) is 23.0 Å². The van der Waals surface area contributed by atoms with Gasteiger partial charge in [0, 0.05) is 10.7 Å². The van der Waals surface area contributed by atoms with Crippen LogP contribution in [-0.4, -0.2) is 49.9 Å². The summed E-state index contributed by atoms with van der Waals surface area (Å²) in [6.45, 7) is -0.326. The molecule has 0 saturated heterocycles. The number of nitrogens with zero attached hydrogens (tertiary/aromatic N) is 2. The van der Waals surface area contributed by atoms with Crippen LogP contribution in [0.4, 0.5) is 5.69 Å². The van der Waals surface area contributed by atoms with E-state index in [9.17, 15) is 19.8 Å². The Morgan fingerprint density at radius 2 is 2.00 bits per heavy atom. The Morgan fingerprint density at radius 3 is 2.60 bits per heavy atom. The van der Waals surface area contributed by atoms with E-state index in [0.717, 1.165) is 0 Å². The average Bonchev–Trinajstić information content (AvgIpc) is 2.61. The van der Waals surface area contributed by atoms with Gasteiger partial charge in [0.25, 0.3) is 5.91 Å². The van der Waals surface area contributed by atoms with Crippen molar-refractivity contribution >= 4 is 33.5 Å². The fourth-order valence-corrected chi connectivity index (χ4v) is 2.36. The monoisotopic (exact) mass is 409 g/mol. The SMILES string of the molecule is O=C(Nc1ccc(Br)cc1C(=O)O)c1cnc(CCC(O)CO)cn1. The summed E-state index contributed by atoms with van der Waals surface area (Å²) in [5, 5.41) is 29.8. The lowest BCUT2D eigenvalue weighted by molar-refractivity contribution is 0.0698. The molecule has 0 fully saturated rings. The summed E-state index contributed by atoms with van der Waals surface area (Å²) >= 11 is 3.18. The van der Waals surface area contributed by atoms with E-state index in [1.54, 1.807) is 6.07 Å². The number of nitrogens with one attached hydrogen (secondary N) is 1. The standard InChI is InChI=1S/C16H16BrN3O5/c17-9-1-4-13(12(5-9)16(24)25)20-15(23)14-7-18-10(6-19-14)2-3-11(22)8-21/h1,4-7,11,21-22H,2-3,8H2,(H,20,23)(H,24,25). The molecule has 1 amide bonds. The maximum atomic E-state index is 12.2. The summed E-state index contributed by atoms with van der Waals surface area (Å²) in [5.41, 5.74) is 0.701. The number of carbonyl (C=O) groups excluding carboxylic acids is 1. The number of aromatic carboxylic acids is 1. The molecule has 8 nitrogen and oxygen atoms in total. The maximum absolute atomic E-state index is 12.2. The van der Waals surface area contributed by atoms with Crippen LogP contribution in [0.25, 0.3) is 0 Å². The van der Waals surface area contributed by atoms with Gasteiger partial charge in [0.1, 0.15) is 5.69 Å². The molecule has 0 aliphatic carbocycles. The highest BCUT2D eigenvalue weighted by Gasteiger charge is 2.15. The number of aryl methyl sites for hydroxylation is 1. The second-order valence-electron chi connectivity index (χ2n) is 5.22. The van der Waals surface area contributed by atoms with Crippen LogP contribution in [0, 0.1) is 0 Å². The average molecular weight is 410 g/mol. The van der Waals surface area contributed by atoms with E-state index < -0.39 is 18.0 Å². The van der Waals surface area contributed by atoms with E-state index in [1.807, 2.05) is 0 Å². The first-order chi connectivity index (χ1) is 11.9. The highest BCUT2D eigenvalue weighted by molar-refractivity contribution is 9.10. The molecular weight excluding hydrogens is 394 g/mol. The van der Waals surface area contributed by atoms with Crippen molar-refractivity contribution in [3.63, 3.8) is 0 Å². The van der Waals surface area contributed by atoms with Crippen LogP contribution in [0.1, 0.15) is 33.0 Å². The number of carbonyl (C=O) groups is 2. The number of aliphatic hydroxyl groups excluding tert-OH is 2. The number of hydrogen-bond donors (Lipinski definition) is 4. The van der Waals surface area contributed by atoms with Gasteiger partial charge in [0.05, 0.1) is 35.9 Å². The number of benzene rings is 1. The molecule has 1 heterocycles. The highest BCUT2D eigenvalue weighted by Crippen LogP contribution is 2.21. The Hall–Kier alpha value is -2.36. The number of rotatable bonds is 7. The van der Waals surface area contributed by atoms with Gasteiger partial charge in [0.15, 0.2) is 0 Å². The molecule has 0 spiro atoms. The topological polar surface area (TPSA) is 133 Å². The zero-order valence-corrected chi connectivity index (χ0v) is 14.6. The number of amides is 1. The third-order valence-corrected chi connectivity index (χ3v) is 3.84. The maximum Gasteiger partial charge on any atom is 0.337 e. The molecule has 1 aromatic heterocycles. The Kier molecular flexibility index (Phi) is 6.57. The van der Waals surface area contributed by atoms with Gasteiger partial charge in [-0.25, -0.2) is 9.78 Å². The number of carboxylic acid groups (broad SMARTS) is 1. The molecule has 0 aliphatic heterocycles. The number of aliphatic hydroxyl groups is 2. The first-order valence-corrected chi connectivity index (χ1v) is 8.14. The van der Waals surface area contributed by atoms with Crippen molar-refractivity contribution in [2.45, 2.75) is 18.9 Å². The number of anilines is 1. The van der Waals surface area contributed by atoms with Gasteiger partial charge in [-0.1, -0.05) is 15.9 Å². The van der Waals surface area contributed by atoms with Crippen LogP contribution >= 0.6 is 15.9 Å². The molecule has 1 atom stereocenters. The molecule has 1 unspecified atom stereocenters. The number of carboxylic acids is 1. The second kappa shape index (κ2) is 8.65. The van der Waals surface area contributed by atoms with Gasteiger partial charge in [0.2, 0.25) is 0 Å². The van der Waals surface area contributed by atoms with Gasteiger partial charge < -0.3 is 20.6 Å². The van der Waals surface area contributed by atoms with E-state index in [-0.39, 0.29) is 23.6 Å². The number of aromatic nitrogens is 2. The first kappa shape index (κ1) is 19.0. The molecule has 132 valence electrons. The Morgan fingerprint density at radius 1 is 1.24 bits per heavy atom. The zero-order valence-electron chi connectivity index (χ0n) is 13.0. The quantitative estimate of drug-likeness (QED) is 0.544. The van der Waals surface area contributed by atoms with Crippen molar-refractivity contribution < 1.29 is 24.9 Å². The highest BCUT2D eigenvalue weighted by atomic mass is 79.9. The normalized spacial score (nSPS) is 11.8. The lowest BCUT2D eigenvalue weighted by Crippen LogP contribution is -2.17. The molecule has 25 heavy (non-hydrogen) atoms. The van der Waals surface area contributed by atoms with Crippen LogP contribution in [0.5, 0.6) is 0 Å². The largest absolute Gasteiger partial charge is 0.478 e. The molecule has 9 heteroatoms. The van der Waals surface area contributed by atoms with E-state index >= 15 is 0 Å². The van der Waals surface area contributed by atoms with Gasteiger partial charge in [-0.2, -0.15) is 0 Å². The molecular formula is C16H16BrN3O5. The van der Waals surface area contributed by atoms with Crippen LogP contribution < -0.4 is 5.32 Å². The summed E-state index contributed by atoms with van der Waals surface area (Å²) in [6.07, 6.45) is 2.59. The zero-order chi connectivity index (χ0) is 18.4. The molecule has 4 N–H and O–H groups in total. The van der Waals surface area contributed by atoms with Crippen molar-refractivity contribution in [2.24, 2.45) is 0 Å². The van der Waals surface area contributed by atoms with Crippen molar-refractivity contribution in [3.05, 3.63) is 52.0 Å². The summed E-state index contributed by atoms with van der Waals surface area (Å²) in [7, 11) is 0. The lowest BCUT2D eigenvalue weighted by Gasteiger charge is -2.09. The van der Waals surface area contributed by atoms with E-state index in [4.69, 9.17) is 5.11 Å². The molecule has 2 aromatic rings. The van der Waals surface area contributed by atoms with E-state index in [1.165, 1.54) is 24.5 Å². The Bertz CT molecular complexity index is 767.